The summed E-state index contributed by atoms with van der Waals surface area (Å²) >= 11 is 1.43. The molecule has 0 saturated carbocycles. The van der Waals surface area contributed by atoms with Crippen molar-refractivity contribution in [1.82, 2.24) is 9.88 Å². The molecule has 0 spiro atoms. The number of halogens is 1. The van der Waals surface area contributed by atoms with Crippen LogP contribution in [-0.4, -0.2) is 41.2 Å². The van der Waals surface area contributed by atoms with Crippen molar-refractivity contribution in [3.8, 4) is 0 Å². The quantitative estimate of drug-likeness (QED) is 0.830. The summed E-state index contributed by atoms with van der Waals surface area (Å²) < 4.78 is 13.0. The molecule has 5 nitrogen and oxygen atoms in total. The average molecular weight is 361 g/mol. The fourth-order valence-electron chi connectivity index (χ4n) is 3.03. The minimum absolute atomic E-state index is 0.0420. The van der Waals surface area contributed by atoms with Gasteiger partial charge in [-0.1, -0.05) is 0 Å². The van der Waals surface area contributed by atoms with Gasteiger partial charge in [-0.25, -0.2) is 9.37 Å². The number of thiazole rings is 1. The molecule has 0 radical (unpaired) electrons. The molecule has 7 heteroatoms. The minimum Gasteiger partial charge on any atom is -0.337 e. The Morgan fingerprint density at radius 2 is 2.08 bits per heavy atom. The van der Waals surface area contributed by atoms with E-state index < -0.39 is 0 Å². The number of likely N-dealkylation sites (tertiary alicyclic amines) is 1. The van der Waals surface area contributed by atoms with Gasteiger partial charge in [0.25, 0.3) is 5.91 Å². The van der Waals surface area contributed by atoms with Crippen LogP contribution < -0.4 is 5.73 Å². The van der Waals surface area contributed by atoms with Gasteiger partial charge in [-0.05, 0) is 43.7 Å². The summed E-state index contributed by atoms with van der Waals surface area (Å²) in [6.07, 6.45) is 2.15. The molecule has 2 N–H and O–H groups in total. The molecule has 1 saturated heterocycles. The summed E-state index contributed by atoms with van der Waals surface area (Å²) in [5.41, 5.74) is 6.42. The third kappa shape index (κ3) is 4.11. The molecule has 2 aromatic rings. The average Bonchev–Trinajstić information content (AvgIpc) is 3.10. The molecule has 1 amide bonds. The van der Waals surface area contributed by atoms with Crippen LogP contribution in [0.5, 0.6) is 0 Å². The number of nitrogens with two attached hydrogens (primary N) is 1. The molecule has 1 aliphatic heterocycles. The Bertz CT molecular complexity index is 760. The van der Waals surface area contributed by atoms with Crippen molar-refractivity contribution in [2.45, 2.75) is 19.3 Å². The molecule has 1 aromatic carbocycles. The lowest BCUT2D eigenvalue weighted by atomic mass is 9.90. The van der Waals surface area contributed by atoms with E-state index in [0.29, 0.717) is 37.3 Å². The number of aromatic nitrogens is 1. The Labute approximate surface area is 149 Å². The van der Waals surface area contributed by atoms with Crippen LogP contribution in [0.25, 0.3) is 0 Å². The number of carbonyl (C=O) groups is 2. The number of Topliss-reactive ketones (excluding diaryl/α,β-unsaturated/α-hetero) is 1. The highest BCUT2D eigenvalue weighted by Crippen LogP contribution is 2.23. The number of hydrogen-bond donors (Lipinski definition) is 1. The van der Waals surface area contributed by atoms with E-state index in [4.69, 9.17) is 5.73 Å². The molecule has 3 rings (SSSR count). The third-order valence-corrected chi connectivity index (χ3v) is 5.25. The molecule has 1 fully saturated rings. The summed E-state index contributed by atoms with van der Waals surface area (Å²) in [5.74, 6) is -0.810. The summed E-state index contributed by atoms with van der Waals surface area (Å²) in [6.45, 7) is 1.49. The Morgan fingerprint density at radius 3 is 2.80 bits per heavy atom. The first-order chi connectivity index (χ1) is 12.1. The van der Waals surface area contributed by atoms with Crippen LogP contribution >= 0.6 is 11.3 Å². The fourth-order valence-corrected chi connectivity index (χ4v) is 3.82. The zero-order valence-corrected chi connectivity index (χ0v) is 14.6. The highest BCUT2D eigenvalue weighted by molar-refractivity contribution is 7.09. The van der Waals surface area contributed by atoms with E-state index >= 15 is 0 Å². The number of ketones is 1. The highest BCUT2D eigenvalue weighted by atomic mass is 32.1. The van der Waals surface area contributed by atoms with E-state index in [1.54, 1.807) is 10.3 Å². The van der Waals surface area contributed by atoms with E-state index in [-0.39, 0.29) is 23.4 Å². The maximum Gasteiger partial charge on any atom is 0.273 e. The van der Waals surface area contributed by atoms with Gasteiger partial charge in [-0.2, -0.15) is 0 Å². The van der Waals surface area contributed by atoms with Gasteiger partial charge in [-0.3, -0.25) is 9.59 Å². The van der Waals surface area contributed by atoms with Crippen molar-refractivity contribution in [1.29, 1.82) is 0 Å². The van der Waals surface area contributed by atoms with Crippen LogP contribution in [0.15, 0.2) is 29.6 Å². The van der Waals surface area contributed by atoms with Crippen LogP contribution in [-0.2, 0) is 6.42 Å². The Balaban J connectivity index is 1.68. The summed E-state index contributed by atoms with van der Waals surface area (Å²) in [4.78, 5) is 31.3. The van der Waals surface area contributed by atoms with Crippen molar-refractivity contribution in [2.75, 3.05) is 19.6 Å². The predicted molar refractivity (Wildman–Crippen MR) is 94.2 cm³/mol. The van der Waals surface area contributed by atoms with E-state index in [1.807, 2.05) is 0 Å². The van der Waals surface area contributed by atoms with Crippen LogP contribution in [0, 0.1) is 11.7 Å². The zero-order valence-electron chi connectivity index (χ0n) is 13.8. The number of nitrogens with zero attached hydrogens (tertiary/aromatic N) is 2. The summed E-state index contributed by atoms with van der Waals surface area (Å²) in [6, 6.07) is 5.57. The van der Waals surface area contributed by atoms with Crippen LogP contribution in [0.3, 0.4) is 0 Å². The van der Waals surface area contributed by atoms with Gasteiger partial charge < -0.3 is 10.6 Å². The molecule has 25 heavy (non-hydrogen) atoms. The van der Waals surface area contributed by atoms with Gasteiger partial charge in [0.05, 0.1) is 5.01 Å². The van der Waals surface area contributed by atoms with E-state index in [9.17, 15) is 14.0 Å². The first kappa shape index (κ1) is 17.7. The summed E-state index contributed by atoms with van der Waals surface area (Å²) in [7, 11) is 0. The third-order valence-electron chi connectivity index (χ3n) is 4.34. The highest BCUT2D eigenvalue weighted by Gasteiger charge is 2.30. The van der Waals surface area contributed by atoms with Crippen molar-refractivity contribution < 1.29 is 14.0 Å². The minimum atomic E-state index is -0.367. The fraction of sp³-hybridized carbons (Fsp3) is 0.389. The van der Waals surface area contributed by atoms with Gasteiger partial charge >= 0.3 is 0 Å². The second-order valence-corrected chi connectivity index (χ2v) is 7.07. The van der Waals surface area contributed by atoms with Gasteiger partial charge in [-0.15, -0.1) is 11.3 Å². The molecule has 1 aliphatic rings. The van der Waals surface area contributed by atoms with E-state index in [2.05, 4.69) is 4.98 Å². The second-order valence-electron chi connectivity index (χ2n) is 6.13. The lowest BCUT2D eigenvalue weighted by Gasteiger charge is -2.31. The molecule has 0 bridgehead atoms. The number of rotatable bonds is 5. The standard InChI is InChI=1S/C18H20FN3O2S/c19-14-5-3-12(4-6-14)17(23)13-2-1-9-22(10-13)18(24)15-11-25-16(21-15)7-8-20/h3-6,11,13H,1-2,7-10,20H2. The molecular weight excluding hydrogens is 341 g/mol. The van der Waals surface area contributed by atoms with Gasteiger partial charge in [0.2, 0.25) is 0 Å². The normalized spacial score (nSPS) is 17.5. The van der Waals surface area contributed by atoms with Crippen LogP contribution in [0.2, 0.25) is 0 Å². The van der Waals surface area contributed by atoms with Crippen molar-refractivity contribution in [2.24, 2.45) is 11.7 Å². The number of benzene rings is 1. The molecule has 0 aliphatic carbocycles. The van der Waals surface area contributed by atoms with Crippen molar-refractivity contribution in [3.05, 3.63) is 51.7 Å². The van der Waals surface area contributed by atoms with Crippen LogP contribution in [0.1, 0.15) is 38.7 Å². The molecule has 2 heterocycles. The summed E-state index contributed by atoms with van der Waals surface area (Å²) in [5, 5.41) is 2.60. The molecule has 1 unspecified atom stereocenters. The number of amides is 1. The number of hydrogen-bond acceptors (Lipinski definition) is 5. The lowest BCUT2D eigenvalue weighted by molar-refractivity contribution is 0.0632. The van der Waals surface area contributed by atoms with Gasteiger partial charge in [0, 0.05) is 36.4 Å². The topological polar surface area (TPSA) is 76.3 Å². The Morgan fingerprint density at radius 1 is 1.32 bits per heavy atom. The second kappa shape index (κ2) is 7.84. The van der Waals surface area contributed by atoms with Gasteiger partial charge in [0.1, 0.15) is 11.5 Å². The first-order valence-corrected chi connectivity index (χ1v) is 9.20. The molecule has 1 aromatic heterocycles. The largest absolute Gasteiger partial charge is 0.337 e. The monoisotopic (exact) mass is 361 g/mol. The number of carbonyl (C=O) groups excluding carboxylic acids is 2. The zero-order chi connectivity index (χ0) is 17.8. The molecular formula is C18H20FN3O2S. The lowest BCUT2D eigenvalue weighted by Crippen LogP contribution is -2.42. The van der Waals surface area contributed by atoms with Gasteiger partial charge in [0.15, 0.2) is 5.78 Å². The van der Waals surface area contributed by atoms with Crippen LogP contribution in [0.4, 0.5) is 4.39 Å². The Kier molecular flexibility index (Phi) is 5.55. The number of piperidine rings is 1. The molecule has 132 valence electrons. The smallest absolute Gasteiger partial charge is 0.273 e. The van der Waals surface area contributed by atoms with E-state index in [0.717, 1.165) is 17.8 Å². The maximum atomic E-state index is 13.0. The predicted octanol–water partition coefficient (Wildman–Crippen LogP) is 2.52. The van der Waals surface area contributed by atoms with Crippen molar-refractivity contribution in [3.63, 3.8) is 0 Å². The SMILES string of the molecule is NCCc1nc(C(=O)N2CCCC(C(=O)c3ccc(F)cc3)C2)cs1. The maximum absolute atomic E-state index is 13.0. The molecule has 1 atom stereocenters. The first-order valence-electron chi connectivity index (χ1n) is 8.32. The van der Waals surface area contributed by atoms with Crippen molar-refractivity contribution >= 4 is 23.0 Å². The Hall–Kier alpha value is -2.12. The van der Waals surface area contributed by atoms with E-state index in [1.165, 1.54) is 35.6 Å².